The molecule has 1 aliphatic rings. The molecule has 7 heteroatoms. The van der Waals surface area contributed by atoms with Crippen LogP contribution in [-0.4, -0.2) is 60.9 Å². The predicted molar refractivity (Wildman–Crippen MR) is 93.2 cm³/mol. The highest BCUT2D eigenvalue weighted by atomic mass is 35.5. The lowest BCUT2D eigenvalue weighted by molar-refractivity contribution is -0.132. The van der Waals surface area contributed by atoms with Crippen LogP contribution in [0, 0.1) is 0 Å². The minimum atomic E-state index is -0.205. The molecule has 1 heterocycles. The van der Waals surface area contributed by atoms with E-state index in [1.807, 2.05) is 0 Å². The van der Waals surface area contributed by atoms with Crippen molar-refractivity contribution in [2.24, 2.45) is 0 Å². The van der Waals surface area contributed by atoms with Crippen LogP contribution in [0.4, 0.5) is 5.69 Å². The number of carbonyl (C=O) groups is 2. The normalized spacial score (nSPS) is 15.6. The Hall–Kier alpha value is -1.30. The van der Waals surface area contributed by atoms with Gasteiger partial charge < -0.3 is 14.7 Å². The molecule has 1 aromatic rings. The molecular formula is C16H21Cl2N3O2. The van der Waals surface area contributed by atoms with E-state index in [1.54, 1.807) is 23.1 Å². The first-order valence-corrected chi connectivity index (χ1v) is 8.41. The molecule has 0 aliphatic carbocycles. The second kappa shape index (κ2) is 7.99. The Morgan fingerprint density at radius 3 is 2.30 bits per heavy atom. The fourth-order valence-corrected chi connectivity index (χ4v) is 2.88. The number of rotatable bonds is 4. The van der Waals surface area contributed by atoms with Gasteiger partial charge in [-0.25, -0.2) is 0 Å². The number of benzene rings is 1. The Labute approximate surface area is 146 Å². The summed E-state index contributed by atoms with van der Waals surface area (Å²) in [4.78, 5) is 29.9. The van der Waals surface area contributed by atoms with E-state index < -0.39 is 0 Å². The molecule has 0 spiro atoms. The molecule has 1 aliphatic heterocycles. The third-order valence-corrected chi connectivity index (χ3v) is 4.80. The van der Waals surface area contributed by atoms with Crippen molar-refractivity contribution in [3.05, 3.63) is 28.2 Å². The summed E-state index contributed by atoms with van der Waals surface area (Å²) >= 11 is 11.9. The van der Waals surface area contributed by atoms with E-state index in [1.165, 1.54) is 11.8 Å². The molecule has 0 unspecified atom stereocenters. The monoisotopic (exact) mass is 357 g/mol. The molecule has 0 aromatic heterocycles. The van der Waals surface area contributed by atoms with E-state index in [0.29, 0.717) is 28.8 Å². The number of likely N-dealkylation sites (N-methyl/N-ethyl adjacent to an activating group) is 1. The largest absolute Gasteiger partial charge is 0.339 e. The quantitative estimate of drug-likeness (QED) is 0.831. The van der Waals surface area contributed by atoms with Gasteiger partial charge in [0, 0.05) is 38.8 Å². The summed E-state index contributed by atoms with van der Waals surface area (Å²) in [5.41, 5.74) is 0.576. The molecule has 2 rings (SSSR count). The second-order valence-electron chi connectivity index (χ2n) is 5.52. The number of hydrogen-bond acceptors (Lipinski definition) is 3. The standard InChI is InChI=1S/C16H21Cl2N3O2/c1-3-19-6-8-20(9-7-19)16(23)11-21(12(2)22)13-4-5-14(17)15(18)10-13/h4-5,10H,3,6-9,11H2,1-2H3. The van der Waals surface area contributed by atoms with Crippen molar-refractivity contribution in [1.82, 2.24) is 9.80 Å². The van der Waals surface area contributed by atoms with Crippen molar-refractivity contribution in [3.8, 4) is 0 Å². The van der Waals surface area contributed by atoms with Crippen LogP contribution in [0.1, 0.15) is 13.8 Å². The van der Waals surface area contributed by atoms with Gasteiger partial charge in [0.15, 0.2) is 0 Å². The van der Waals surface area contributed by atoms with E-state index in [4.69, 9.17) is 23.2 Å². The van der Waals surface area contributed by atoms with Crippen molar-refractivity contribution in [1.29, 1.82) is 0 Å². The number of hydrogen-bond donors (Lipinski definition) is 0. The second-order valence-corrected chi connectivity index (χ2v) is 6.33. The van der Waals surface area contributed by atoms with Crippen LogP contribution in [-0.2, 0) is 9.59 Å². The van der Waals surface area contributed by atoms with Crippen molar-refractivity contribution >= 4 is 40.7 Å². The summed E-state index contributed by atoms with van der Waals surface area (Å²) in [5, 5.41) is 0.778. The van der Waals surface area contributed by atoms with Crippen LogP contribution in [0.3, 0.4) is 0 Å². The van der Waals surface area contributed by atoms with E-state index in [2.05, 4.69) is 11.8 Å². The zero-order valence-electron chi connectivity index (χ0n) is 13.4. The summed E-state index contributed by atoms with van der Waals surface area (Å²) in [7, 11) is 0. The molecule has 5 nitrogen and oxygen atoms in total. The van der Waals surface area contributed by atoms with Crippen molar-refractivity contribution in [2.45, 2.75) is 13.8 Å². The number of nitrogens with zero attached hydrogens (tertiary/aromatic N) is 3. The Morgan fingerprint density at radius 1 is 1.13 bits per heavy atom. The van der Waals surface area contributed by atoms with E-state index >= 15 is 0 Å². The Kier molecular flexibility index (Phi) is 6.27. The lowest BCUT2D eigenvalue weighted by Crippen LogP contribution is -2.51. The van der Waals surface area contributed by atoms with Crippen LogP contribution in [0.25, 0.3) is 0 Å². The summed E-state index contributed by atoms with van der Waals surface area (Å²) in [6, 6.07) is 4.92. The van der Waals surface area contributed by atoms with E-state index in [9.17, 15) is 9.59 Å². The average molecular weight is 358 g/mol. The number of anilines is 1. The molecule has 2 amide bonds. The molecule has 0 N–H and O–H groups in total. The van der Waals surface area contributed by atoms with E-state index in [-0.39, 0.29) is 18.4 Å². The minimum absolute atomic E-state index is 0.0133. The molecule has 23 heavy (non-hydrogen) atoms. The number of halogens is 2. The summed E-state index contributed by atoms with van der Waals surface area (Å²) in [6.07, 6.45) is 0. The third-order valence-electron chi connectivity index (χ3n) is 4.06. The molecule has 0 atom stereocenters. The van der Waals surface area contributed by atoms with Gasteiger partial charge in [0.25, 0.3) is 0 Å². The van der Waals surface area contributed by atoms with Gasteiger partial charge in [-0.15, -0.1) is 0 Å². The average Bonchev–Trinajstić information content (AvgIpc) is 2.55. The maximum atomic E-state index is 12.5. The maximum Gasteiger partial charge on any atom is 0.242 e. The van der Waals surface area contributed by atoms with Crippen molar-refractivity contribution in [2.75, 3.05) is 44.2 Å². The number of amides is 2. The van der Waals surface area contributed by atoms with Gasteiger partial charge in [-0.1, -0.05) is 30.1 Å². The van der Waals surface area contributed by atoms with E-state index in [0.717, 1.165) is 19.6 Å². The fourth-order valence-electron chi connectivity index (χ4n) is 2.59. The lowest BCUT2D eigenvalue weighted by atomic mass is 10.2. The van der Waals surface area contributed by atoms with Gasteiger partial charge in [0.05, 0.1) is 10.0 Å². The molecule has 0 saturated carbocycles. The summed E-state index contributed by atoms with van der Waals surface area (Å²) in [6.45, 7) is 7.68. The van der Waals surface area contributed by atoms with Gasteiger partial charge in [0.1, 0.15) is 6.54 Å². The molecule has 0 radical (unpaired) electrons. The molecule has 1 aromatic carbocycles. The SMILES string of the molecule is CCN1CCN(C(=O)CN(C(C)=O)c2ccc(Cl)c(Cl)c2)CC1. The Morgan fingerprint density at radius 2 is 1.78 bits per heavy atom. The number of piperazine rings is 1. The highest BCUT2D eigenvalue weighted by Gasteiger charge is 2.24. The summed E-state index contributed by atoms with van der Waals surface area (Å²) < 4.78 is 0. The van der Waals surface area contributed by atoms with Crippen LogP contribution in [0.15, 0.2) is 18.2 Å². The molecule has 126 valence electrons. The zero-order chi connectivity index (χ0) is 17.0. The van der Waals surface area contributed by atoms with Gasteiger partial charge in [0.2, 0.25) is 11.8 Å². The number of carbonyl (C=O) groups excluding carboxylic acids is 2. The van der Waals surface area contributed by atoms with Gasteiger partial charge in [-0.05, 0) is 24.7 Å². The van der Waals surface area contributed by atoms with Crippen LogP contribution < -0.4 is 4.90 Å². The zero-order valence-corrected chi connectivity index (χ0v) is 14.9. The Balaban J connectivity index is 2.06. The van der Waals surface area contributed by atoms with Crippen molar-refractivity contribution in [3.63, 3.8) is 0 Å². The highest BCUT2D eigenvalue weighted by molar-refractivity contribution is 6.42. The Bertz CT molecular complexity index is 587. The lowest BCUT2D eigenvalue weighted by Gasteiger charge is -2.35. The van der Waals surface area contributed by atoms with Crippen LogP contribution in [0.2, 0.25) is 10.0 Å². The smallest absolute Gasteiger partial charge is 0.242 e. The van der Waals surface area contributed by atoms with Gasteiger partial charge >= 0.3 is 0 Å². The predicted octanol–water partition coefficient (Wildman–Crippen LogP) is 2.51. The highest BCUT2D eigenvalue weighted by Crippen LogP contribution is 2.27. The van der Waals surface area contributed by atoms with Crippen molar-refractivity contribution < 1.29 is 9.59 Å². The molecule has 1 saturated heterocycles. The first-order chi connectivity index (χ1) is 10.9. The maximum absolute atomic E-state index is 12.5. The molecule has 1 fully saturated rings. The fraction of sp³-hybridized carbons (Fsp3) is 0.500. The minimum Gasteiger partial charge on any atom is -0.339 e. The summed E-state index contributed by atoms with van der Waals surface area (Å²) in [5.74, 6) is -0.258. The van der Waals surface area contributed by atoms with Gasteiger partial charge in [-0.2, -0.15) is 0 Å². The molecule has 0 bridgehead atoms. The third kappa shape index (κ3) is 4.59. The topological polar surface area (TPSA) is 43.9 Å². The van der Waals surface area contributed by atoms with Gasteiger partial charge in [-0.3, -0.25) is 9.59 Å². The first-order valence-electron chi connectivity index (χ1n) is 7.65. The molecular weight excluding hydrogens is 337 g/mol. The van der Waals surface area contributed by atoms with Crippen LogP contribution in [0.5, 0.6) is 0 Å². The first kappa shape index (κ1) is 18.0. The van der Waals surface area contributed by atoms with Crippen LogP contribution >= 0.6 is 23.2 Å².